The highest BCUT2D eigenvalue weighted by Gasteiger charge is 2.36. The Morgan fingerprint density at radius 1 is 1.19 bits per heavy atom. The summed E-state index contributed by atoms with van der Waals surface area (Å²) in [7, 11) is -1.52. The summed E-state index contributed by atoms with van der Waals surface area (Å²) in [4.78, 5) is 14.8. The molecule has 0 bridgehead atoms. The minimum Gasteiger partial charge on any atom is -0.369 e. The van der Waals surface area contributed by atoms with Crippen molar-refractivity contribution in [3.05, 3.63) is 61.2 Å². The van der Waals surface area contributed by atoms with Crippen LogP contribution >= 0.6 is 11.3 Å². The van der Waals surface area contributed by atoms with Gasteiger partial charge in [-0.25, -0.2) is 13.4 Å². The third-order valence-electron chi connectivity index (χ3n) is 6.32. The van der Waals surface area contributed by atoms with Gasteiger partial charge in [-0.3, -0.25) is 4.98 Å². The number of aromatic amines is 1. The first-order chi connectivity index (χ1) is 15.4. The Labute approximate surface area is 191 Å². The van der Waals surface area contributed by atoms with Crippen LogP contribution in [-0.4, -0.2) is 53.9 Å². The molecule has 5 rings (SSSR count). The summed E-state index contributed by atoms with van der Waals surface area (Å²) in [5, 5.41) is 1.04. The van der Waals surface area contributed by atoms with E-state index in [1.54, 1.807) is 29.0 Å². The maximum atomic E-state index is 13.5. The van der Waals surface area contributed by atoms with Crippen LogP contribution in [0.15, 0.2) is 65.4 Å². The van der Waals surface area contributed by atoms with E-state index in [0.29, 0.717) is 23.2 Å². The van der Waals surface area contributed by atoms with Crippen molar-refractivity contribution in [2.24, 2.45) is 5.92 Å². The Balaban J connectivity index is 1.41. The van der Waals surface area contributed by atoms with E-state index in [1.807, 2.05) is 43.6 Å². The molecule has 1 fully saturated rings. The largest absolute Gasteiger partial charge is 0.369 e. The van der Waals surface area contributed by atoms with Gasteiger partial charge in [-0.05, 0) is 42.7 Å². The van der Waals surface area contributed by atoms with Gasteiger partial charge in [-0.1, -0.05) is 13.0 Å². The first kappa shape index (κ1) is 21.1. The molecule has 1 aliphatic rings. The van der Waals surface area contributed by atoms with Crippen molar-refractivity contribution in [2.75, 3.05) is 25.0 Å². The molecule has 0 amide bonds. The van der Waals surface area contributed by atoms with Gasteiger partial charge in [0.15, 0.2) is 0 Å². The first-order valence-electron chi connectivity index (χ1n) is 10.6. The van der Waals surface area contributed by atoms with E-state index in [2.05, 4.69) is 26.8 Å². The third kappa shape index (κ3) is 3.70. The van der Waals surface area contributed by atoms with Crippen molar-refractivity contribution < 1.29 is 8.42 Å². The molecule has 2 atom stereocenters. The lowest BCUT2D eigenvalue weighted by atomic mass is 9.93. The maximum Gasteiger partial charge on any atom is 0.252 e. The quantitative estimate of drug-likeness (QED) is 0.475. The van der Waals surface area contributed by atoms with Gasteiger partial charge in [0.25, 0.3) is 10.0 Å². The summed E-state index contributed by atoms with van der Waals surface area (Å²) in [6.07, 6.45) is 7.96. The maximum absolute atomic E-state index is 13.5. The van der Waals surface area contributed by atoms with Gasteiger partial charge in [0.2, 0.25) is 0 Å². The van der Waals surface area contributed by atoms with Crippen molar-refractivity contribution in [3.8, 4) is 10.4 Å². The van der Waals surface area contributed by atoms with Crippen LogP contribution in [0.4, 0.5) is 5.69 Å². The van der Waals surface area contributed by atoms with Crippen LogP contribution in [0.25, 0.3) is 21.5 Å². The number of hydrogen-bond acceptors (Lipinski definition) is 6. The molecular formula is C23H25N5O2S2. The molecule has 5 heterocycles. The van der Waals surface area contributed by atoms with Gasteiger partial charge in [-0.2, -0.15) is 4.31 Å². The molecule has 0 spiro atoms. The number of rotatable bonds is 5. The van der Waals surface area contributed by atoms with Gasteiger partial charge in [0, 0.05) is 72.5 Å². The Morgan fingerprint density at radius 2 is 2.06 bits per heavy atom. The second-order valence-electron chi connectivity index (χ2n) is 8.24. The molecule has 1 N–H and O–H groups in total. The first-order valence-corrected chi connectivity index (χ1v) is 12.9. The Bertz CT molecular complexity index is 1330. The van der Waals surface area contributed by atoms with E-state index < -0.39 is 10.0 Å². The standard InChI is InChI=1S/C23H25N5O2S2/c1-16-9-13-28(15-20(16)27(2)19-8-12-26-23-18(19)7-11-25-23)32(29,30)22-6-5-21(31-22)17-4-3-10-24-14-17/h3-8,10-12,14,16,20H,9,13,15H2,1-2H3,(H,25,26)/t16-,20+/m1/s1. The molecule has 1 saturated heterocycles. The SMILES string of the molecule is C[C@@H]1CCN(S(=O)(=O)c2ccc(-c3cccnc3)s2)C[C@@H]1N(C)c1ccnc2[nH]ccc12. The summed E-state index contributed by atoms with van der Waals surface area (Å²) in [6.45, 7) is 3.19. The fourth-order valence-electron chi connectivity index (χ4n) is 4.42. The molecule has 7 nitrogen and oxygen atoms in total. The molecule has 0 aromatic carbocycles. The molecule has 1 aliphatic heterocycles. The molecule has 166 valence electrons. The van der Waals surface area contributed by atoms with Crippen molar-refractivity contribution in [2.45, 2.75) is 23.6 Å². The monoisotopic (exact) mass is 467 g/mol. The molecule has 0 unspecified atom stereocenters. The highest BCUT2D eigenvalue weighted by atomic mass is 32.2. The molecule has 32 heavy (non-hydrogen) atoms. The summed E-state index contributed by atoms with van der Waals surface area (Å²) < 4.78 is 29.0. The number of aromatic nitrogens is 3. The van der Waals surface area contributed by atoms with Gasteiger partial charge in [0.1, 0.15) is 9.86 Å². The van der Waals surface area contributed by atoms with E-state index >= 15 is 0 Å². The minimum absolute atomic E-state index is 0.0665. The van der Waals surface area contributed by atoms with Gasteiger partial charge < -0.3 is 9.88 Å². The average molecular weight is 468 g/mol. The Hall–Kier alpha value is -2.75. The van der Waals surface area contributed by atoms with Crippen molar-refractivity contribution in [1.29, 1.82) is 0 Å². The van der Waals surface area contributed by atoms with Crippen molar-refractivity contribution in [1.82, 2.24) is 19.3 Å². The van der Waals surface area contributed by atoms with Crippen LogP contribution in [0.1, 0.15) is 13.3 Å². The van der Waals surface area contributed by atoms with Crippen LogP contribution in [0, 0.1) is 5.92 Å². The number of pyridine rings is 2. The summed E-state index contributed by atoms with van der Waals surface area (Å²) >= 11 is 1.30. The molecule has 0 aliphatic carbocycles. The highest BCUT2D eigenvalue weighted by molar-refractivity contribution is 7.91. The van der Waals surface area contributed by atoms with Crippen LogP contribution in [0.2, 0.25) is 0 Å². The predicted octanol–water partition coefficient (Wildman–Crippen LogP) is 4.22. The number of hydrogen-bond donors (Lipinski definition) is 1. The van der Waals surface area contributed by atoms with E-state index in [1.165, 1.54) is 11.3 Å². The normalized spacial score (nSPS) is 19.9. The molecule has 4 aromatic rings. The molecule has 4 aromatic heterocycles. The summed E-state index contributed by atoms with van der Waals surface area (Å²) in [6, 6.07) is 11.5. The highest BCUT2D eigenvalue weighted by Crippen LogP contribution is 2.35. The van der Waals surface area contributed by atoms with Crippen molar-refractivity contribution in [3.63, 3.8) is 0 Å². The third-order valence-corrected chi connectivity index (χ3v) is 9.78. The van der Waals surface area contributed by atoms with Gasteiger partial charge >= 0.3 is 0 Å². The lowest BCUT2D eigenvalue weighted by Crippen LogP contribution is -2.52. The fourth-order valence-corrected chi connectivity index (χ4v) is 7.35. The lowest BCUT2D eigenvalue weighted by Gasteiger charge is -2.42. The zero-order valence-corrected chi connectivity index (χ0v) is 19.6. The number of nitrogens with zero attached hydrogens (tertiary/aromatic N) is 4. The number of H-pyrrole nitrogens is 1. The molecule has 9 heteroatoms. The van der Waals surface area contributed by atoms with Crippen LogP contribution in [0.5, 0.6) is 0 Å². The molecule has 0 radical (unpaired) electrons. The smallest absolute Gasteiger partial charge is 0.252 e. The van der Waals surface area contributed by atoms with E-state index in [-0.39, 0.29) is 6.04 Å². The predicted molar refractivity (Wildman–Crippen MR) is 128 cm³/mol. The van der Waals surface area contributed by atoms with Gasteiger partial charge in [0.05, 0.1) is 0 Å². The lowest BCUT2D eigenvalue weighted by molar-refractivity contribution is 0.248. The van der Waals surface area contributed by atoms with E-state index in [9.17, 15) is 8.42 Å². The number of fused-ring (bicyclic) bond motifs is 1. The zero-order valence-electron chi connectivity index (χ0n) is 18.0. The van der Waals surface area contributed by atoms with E-state index in [0.717, 1.165) is 33.6 Å². The number of likely N-dealkylation sites (N-methyl/N-ethyl adjacent to an activating group) is 1. The molecule has 0 saturated carbocycles. The Kier molecular flexibility index (Phi) is 5.48. The Morgan fingerprint density at radius 3 is 2.88 bits per heavy atom. The number of piperidine rings is 1. The van der Waals surface area contributed by atoms with Crippen LogP contribution in [-0.2, 0) is 10.0 Å². The minimum atomic E-state index is -3.57. The van der Waals surface area contributed by atoms with E-state index in [4.69, 9.17) is 0 Å². The van der Waals surface area contributed by atoms with Crippen LogP contribution in [0.3, 0.4) is 0 Å². The molecular weight excluding hydrogens is 442 g/mol. The number of sulfonamides is 1. The number of anilines is 1. The second kappa shape index (κ2) is 8.31. The summed E-state index contributed by atoms with van der Waals surface area (Å²) in [5.41, 5.74) is 2.82. The van der Waals surface area contributed by atoms with Crippen LogP contribution < -0.4 is 4.90 Å². The number of nitrogens with one attached hydrogen (secondary N) is 1. The van der Waals surface area contributed by atoms with Crippen molar-refractivity contribution >= 4 is 38.1 Å². The van der Waals surface area contributed by atoms with Gasteiger partial charge in [-0.15, -0.1) is 11.3 Å². The number of thiophene rings is 1. The summed E-state index contributed by atoms with van der Waals surface area (Å²) in [5.74, 6) is 0.364. The zero-order chi connectivity index (χ0) is 22.3. The second-order valence-corrected chi connectivity index (χ2v) is 11.5. The topological polar surface area (TPSA) is 82.2 Å². The fraction of sp³-hybridized carbons (Fsp3) is 0.304. The average Bonchev–Trinajstić information content (AvgIpc) is 3.49.